The third kappa shape index (κ3) is 1.38. The second-order valence-corrected chi connectivity index (χ2v) is 3.04. The molecule has 0 fully saturated rings. The molecule has 0 saturated carbocycles. The zero-order valence-corrected chi connectivity index (χ0v) is 7.87. The lowest BCUT2D eigenvalue weighted by Crippen LogP contribution is -1.91. The number of rotatable bonds is 1. The molecule has 0 aliphatic carbocycles. The average molecular weight is 240 g/mol. The predicted octanol–water partition coefficient (Wildman–Crippen LogP) is 2.02. The first-order valence-corrected chi connectivity index (χ1v) is 3.89. The normalized spacial score (nSPS) is 10.1. The van der Waals surface area contributed by atoms with Crippen molar-refractivity contribution in [1.29, 1.82) is 0 Å². The molecule has 0 bridgehead atoms. The van der Waals surface area contributed by atoms with Crippen LogP contribution in [0.2, 0.25) is 10.0 Å². The highest BCUT2D eigenvalue weighted by atomic mass is 35.5. The molecule has 0 heterocycles. The third-order valence-electron chi connectivity index (χ3n) is 1.46. The molecule has 1 aromatic carbocycles. The Balaban J connectivity index is 3.68. The maximum absolute atomic E-state index is 10.4. The first kappa shape index (κ1) is 10.7. The lowest BCUT2D eigenvalue weighted by molar-refractivity contribution is -0.385. The molecule has 0 aliphatic rings. The zero-order valence-electron chi connectivity index (χ0n) is 6.36. The highest BCUT2D eigenvalue weighted by Gasteiger charge is 2.29. The van der Waals surface area contributed by atoms with Crippen molar-refractivity contribution < 1.29 is 20.2 Å². The smallest absolute Gasteiger partial charge is 0.336 e. The van der Waals surface area contributed by atoms with Crippen LogP contribution in [0.5, 0.6) is 17.2 Å². The van der Waals surface area contributed by atoms with E-state index in [0.29, 0.717) is 0 Å². The minimum Gasteiger partial charge on any atom is -0.505 e. The second-order valence-electron chi connectivity index (χ2n) is 2.28. The minimum absolute atomic E-state index is 0.641. The first-order chi connectivity index (χ1) is 6.37. The molecule has 0 atom stereocenters. The second kappa shape index (κ2) is 3.39. The number of halogens is 2. The maximum Gasteiger partial charge on any atom is 0.336 e. The van der Waals surface area contributed by atoms with Crippen molar-refractivity contribution in [1.82, 2.24) is 0 Å². The van der Waals surface area contributed by atoms with Crippen molar-refractivity contribution >= 4 is 28.9 Å². The number of aromatic hydroxyl groups is 3. The Kier molecular flexibility index (Phi) is 2.59. The van der Waals surface area contributed by atoms with Crippen LogP contribution in [0.4, 0.5) is 5.69 Å². The number of nitrogens with zero attached hydrogens (tertiary/aromatic N) is 1. The van der Waals surface area contributed by atoms with Crippen molar-refractivity contribution in [2.75, 3.05) is 0 Å². The summed E-state index contributed by atoms with van der Waals surface area (Å²) in [5.41, 5.74) is -0.994. The molecule has 76 valence electrons. The standard InChI is InChI=1S/C6H3Cl2NO5/c7-1-3(9(13)14)6(12)5(11)2(8)4(1)10/h10-12H. The van der Waals surface area contributed by atoms with Gasteiger partial charge in [0.25, 0.3) is 0 Å². The van der Waals surface area contributed by atoms with Crippen LogP contribution in [0.3, 0.4) is 0 Å². The van der Waals surface area contributed by atoms with Gasteiger partial charge in [-0.25, -0.2) is 0 Å². The van der Waals surface area contributed by atoms with E-state index in [1.54, 1.807) is 0 Å². The van der Waals surface area contributed by atoms with E-state index >= 15 is 0 Å². The summed E-state index contributed by atoms with van der Waals surface area (Å²) in [4.78, 5) is 9.31. The molecule has 0 aliphatic heterocycles. The van der Waals surface area contributed by atoms with Crippen LogP contribution in [-0.4, -0.2) is 20.2 Å². The molecule has 14 heavy (non-hydrogen) atoms. The monoisotopic (exact) mass is 239 g/mol. The maximum atomic E-state index is 10.4. The van der Waals surface area contributed by atoms with E-state index in [0.717, 1.165) is 0 Å². The van der Waals surface area contributed by atoms with E-state index in [1.807, 2.05) is 0 Å². The highest BCUT2D eigenvalue weighted by molar-refractivity contribution is 6.39. The number of phenols is 3. The number of benzene rings is 1. The number of phenolic OH excluding ortho intramolecular Hbond substituents is 3. The fraction of sp³-hybridized carbons (Fsp3) is 0. The van der Waals surface area contributed by atoms with Crippen LogP contribution < -0.4 is 0 Å². The van der Waals surface area contributed by atoms with Gasteiger partial charge in [0.1, 0.15) is 5.02 Å². The Hall–Kier alpha value is -1.40. The van der Waals surface area contributed by atoms with E-state index in [9.17, 15) is 10.1 Å². The quantitative estimate of drug-likeness (QED) is 0.301. The van der Waals surface area contributed by atoms with Gasteiger partial charge >= 0.3 is 5.69 Å². The highest BCUT2D eigenvalue weighted by Crippen LogP contribution is 2.51. The van der Waals surface area contributed by atoms with Crippen molar-refractivity contribution in [3.05, 3.63) is 20.2 Å². The number of nitro benzene ring substituents is 1. The van der Waals surface area contributed by atoms with Crippen LogP contribution in [0.25, 0.3) is 0 Å². The number of hydrogen-bond donors (Lipinski definition) is 3. The van der Waals surface area contributed by atoms with Crippen LogP contribution in [0.15, 0.2) is 0 Å². The molecule has 0 saturated heterocycles. The van der Waals surface area contributed by atoms with Crippen molar-refractivity contribution in [2.45, 2.75) is 0 Å². The molecular weight excluding hydrogens is 237 g/mol. The van der Waals surface area contributed by atoms with Crippen molar-refractivity contribution in [3.63, 3.8) is 0 Å². The predicted molar refractivity (Wildman–Crippen MR) is 48.1 cm³/mol. The van der Waals surface area contributed by atoms with Gasteiger partial charge in [-0.05, 0) is 0 Å². The molecule has 8 heteroatoms. The number of nitro groups is 1. The van der Waals surface area contributed by atoms with Gasteiger partial charge in [0.05, 0.1) is 4.92 Å². The van der Waals surface area contributed by atoms with Gasteiger partial charge < -0.3 is 15.3 Å². The van der Waals surface area contributed by atoms with Crippen LogP contribution in [0.1, 0.15) is 0 Å². The van der Waals surface area contributed by atoms with Crippen molar-refractivity contribution in [2.24, 2.45) is 0 Å². The Bertz CT molecular complexity index is 390. The fourth-order valence-electron chi connectivity index (χ4n) is 0.807. The number of hydrogen-bond acceptors (Lipinski definition) is 5. The summed E-state index contributed by atoms with van der Waals surface area (Å²) in [6.45, 7) is 0. The fourth-order valence-corrected chi connectivity index (χ4v) is 1.29. The minimum atomic E-state index is -1.08. The van der Waals surface area contributed by atoms with Gasteiger partial charge in [0.15, 0.2) is 16.5 Å². The van der Waals surface area contributed by atoms with Crippen molar-refractivity contribution in [3.8, 4) is 17.2 Å². The average Bonchev–Trinajstić information content (AvgIpc) is 2.11. The molecule has 0 unspecified atom stereocenters. The molecule has 1 rings (SSSR count). The summed E-state index contributed by atoms with van der Waals surface area (Å²) < 4.78 is 0. The van der Waals surface area contributed by atoms with Gasteiger partial charge in [0.2, 0.25) is 5.75 Å². The third-order valence-corrected chi connectivity index (χ3v) is 2.18. The summed E-state index contributed by atoms with van der Waals surface area (Å²) >= 11 is 10.6. The van der Waals surface area contributed by atoms with E-state index in [1.165, 1.54) is 0 Å². The summed E-state index contributed by atoms with van der Waals surface area (Å²) in [6.07, 6.45) is 0. The van der Waals surface area contributed by atoms with Crippen LogP contribution >= 0.6 is 23.2 Å². The molecule has 3 N–H and O–H groups in total. The Morgan fingerprint density at radius 2 is 1.50 bits per heavy atom. The van der Waals surface area contributed by atoms with Gasteiger partial charge in [-0.15, -0.1) is 0 Å². The molecule has 0 radical (unpaired) electrons. The topological polar surface area (TPSA) is 104 Å². The molecule has 0 aromatic heterocycles. The van der Waals surface area contributed by atoms with E-state index in [2.05, 4.69) is 0 Å². The molecular formula is C6H3Cl2NO5. The van der Waals surface area contributed by atoms with Gasteiger partial charge in [-0.3, -0.25) is 10.1 Å². The van der Waals surface area contributed by atoms with Crippen LogP contribution in [-0.2, 0) is 0 Å². The molecule has 0 amide bonds. The molecule has 0 spiro atoms. The molecule has 1 aromatic rings. The Labute approximate surface area is 87.1 Å². The summed E-state index contributed by atoms with van der Waals surface area (Å²) in [6, 6.07) is 0. The largest absolute Gasteiger partial charge is 0.505 e. The lowest BCUT2D eigenvalue weighted by Gasteiger charge is -2.05. The molecule has 6 nitrogen and oxygen atoms in total. The SMILES string of the molecule is O=[N+]([O-])c1c(O)c(O)c(Cl)c(O)c1Cl. The van der Waals surface area contributed by atoms with Gasteiger partial charge in [0, 0.05) is 0 Å². The Morgan fingerprint density at radius 3 is 1.93 bits per heavy atom. The van der Waals surface area contributed by atoms with Gasteiger partial charge in [-0.2, -0.15) is 0 Å². The van der Waals surface area contributed by atoms with E-state index in [4.69, 9.17) is 38.5 Å². The summed E-state index contributed by atoms with van der Waals surface area (Å²) in [7, 11) is 0. The first-order valence-electron chi connectivity index (χ1n) is 3.14. The summed E-state index contributed by atoms with van der Waals surface area (Å²) in [5, 5.41) is 36.2. The summed E-state index contributed by atoms with van der Waals surface area (Å²) in [5.74, 6) is -2.92. The Morgan fingerprint density at radius 1 is 1.00 bits per heavy atom. The van der Waals surface area contributed by atoms with Gasteiger partial charge in [-0.1, -0.05) is 23.2 Å². The van der Waals surface area contributed by atoms with E-state index < -0.39 is 37.9 Å². The van der Waals surface area contributed by atoms with Crippen LogP contribution in [0, 0.1) is 10.1 Å². The van der Waals surface area contributed by atoms with E-state index in [-0.39, 0.29) is 0 Å². The zero-order chi connectivity index (χ0) is 11.0. The lowest BCUT2D eigenvalue weighted by atomic mass is 10.2.